The molecule has 8 heteroatoms. The van der Waals surface area contributed by atoms with Gasteiger partial charge in [-0.05, 0) is 42.3 Å². The van der Waals surface area contributed by atoms with Crippen LogP contribution in [-0.2, 0) is 13.1 Å². The summed E-state index contributed by atoms with van der Waals surface area (Å²) in [7, 11) is 1.62. The second kappa shape index (κ2) is 8.69. The molecule has 2 aromatic carbocycles. The van der Waals surface area contributed by atoms with Crippen molar-refractivity contribution >= 4 is 11.9 Å². The fourth-order valence-corrected chi connectivity index (χ4v) is 3.03. The van der Waals surface area contributed by atoms with Crippen LogP contribution in [0.3, 0.4) is 0 Å². The Morgan fingerprint density at radius 3 is 2.60 bits per heavy atom. The van der Waals surface area contributed by atoms with E-state index < -0.39 is 0 Å². The maximum absolute atomic E-state index is 12.5. The zero-order valence-corrected chi connectivity index (χ0v) is 16.8. The molecule has 0 bridgehead atoms. The van der Waals surface area contributed by atoms with E-state index in [1.54, 1.807) is 14.0 Å². The molecule has 8 nitrogen and oxygen atoms in total. The molecule has 1 amide bonds. The molecule has 0 saturated heterocycles. The van der Waals surface area contributed by atoms with Crippen LogP contribution in [0.5, 0.6) is 17.2 Å². The molecule has 154 valence electrons. The molecule has 30 heavy (non-hydrogen) atoms. The third-order valence-electron chi connectivity index (χ3n) is 4.72. The second-order valence-corrected chi connectivity index (χ2v) is 6.76. The number of hydrogen-bond donors (Lipinski definition) is 2. The highest BCUT2D eigenvalue weighted by Crippen LogP contribution is 2.32. The predicted octanol–water partition coefficient (Wildman–Crippen LogP) is 3.06. The lowest BCUT2D eigenvalue weighted by atomic mass is 10.2. The number of rotatable bonds is 7. The molecule has 1 aliphatic rings. The molecule has 0 spiro atoms. The minimum Gasteiger partial charge on any atom is -0.497 e. The van der Waals surface area contributed by atoms with Crippen molar-refractivity contribution < 1.29 is 19.0 Å². The third kappa shape index (κ3) is 4.43. The van der Waals surface area contributed by atoms with Gasteiger partial charge in [0.15, 0.2) is 11.5 Å². The summed E-state index contributed by atoms with van der Waals surface area (Å²) in [4.78, 5) is 21.2. The number of anilines is 1. The first kappa shape index (κ1) is 19.5. The summed E-state index contributed by atoms with van der Waals surface area (Å²) >= 11 is 0. The van der Waals surface area contributed by atoms with E-state index in [0.717, 1.165) is 28.4 Å². The highest BCUT2D eigenvalue weighted by atomic mass is 16.7. The van der Waals surface area contributed by atoms with Gasteiger partial charge in [-0.2, -0.15) is 0 Å². The second-order valence-electron chi connectivity index (χ2n) is 6.76. The molecule has 0 aliphatic carbocycles. The number of carbonyl (C=O) groups is 1. The van der Waals surface area contributed by atoms with Crippen molar-refractivity contribution in [1.82, 2.24) is 15.3 Å². The Morgan fingerprint density at radius 2 is 1.83 bits per heavy atom. The normalized spacial score (nSPS) is 11.8. The van der Waals surface area contributed by atoms with Crippen molar-refractivity contribution in [3.05, 3.63) is 71.0 Å². The highest BCUT2D eigenvalue weighted by Gasteiger charge is 2.14. The first-order valence-corrected chi connectivity index (χ1v) is 9.49. The van der Waals surface area contributed by atoms with Crippen LogP contribution in [0.15, 0.2) is 48.7 Å². The van der Waals surface area contributed by atoms with Crippen molar-refractivity contribution in [3.8, 4) is 17.2 Å². The standard InChI is InChI=1S/C22H22N4O4/c1-14-18(21(27)23-10-15-3-6-17(28-2)7-4-15)12-25-22(26-14)24-11-16-5-8-19-20(9-16)30-13-29-19/h3-9,12H,10-11,13H2,1-2H3,(H,23,27)(H,24,25,26). The molecular weight excluding hydrogens is 384 g/mol. The van der Waals surface area contributed by atoms with Crippen LogP contribution in [0.25, 0.3) is 0 Å². The van der Waals surface area contributed by atoms with Crippen molar-refractivity contribution in [2.24, 2.45) is 0 Å². The van der Waals surface area contributed by atoms with Gasteiger partial charge in [-0.25, -0.2) is 9.97 Å². The molecule has 3 aromatic rings. The number of hydrogen-bond acceptors (Lipinski definition) is 7. The lowest BCUT2D eigenvalue weighted by molar-refractivity contribution is 0.0949. The SMILES string of the molecule is COc1ccc(CNC(=O)c2cnc(NCc3ccc4c(c3)OCO4)nc2C)cc1. The van der Waals surface area contributed by atoms with Crippen molar-refractivity contribution in [2.75, 3.05) is 19.2 Å². The number of aromatic nitrogens is 2. The van der Waals surface area contributed by atoms with Gasteiger partial charge >= 0.3 is 0 Å². The van der Waals surface area contributed by atoms with Crippen LogP contribution >= 0.6 is 0 Å². The number of fused-ring (bicyclic) bond motifs is 1. The first-order valence-electron chi connectivity index (χ1n) is 9.49. The average molecular weight is 406 g/mol. The third-order valence-corrected chi connectivity index (χ3v) is 4.72. The monoisotopic (exact) mass is 406 g/mol. The van der Waals surface area contributed by atoms with Gasteiger partial charge in [-0.15, -0.1) is 0 Å². The summed E-state index contributed by atoms with van der Waals surface area (Å²) in [5.74, 6) is 2.49. The summed E-state index contributed by atoms with van der Waals surface area (Å²) < 4.78 is 15.8. The summed E-state index contributed by atoms with van der Waals surface area (Å²) in [5.41, 5.74) is 3.04. The number of ether oxygens (including phenoxy) is 3. The van der Waals surface area contributed by atoms with E-state index in [9.17, 15) is 4.79 Å². The molecule has 0 unspecified atom stereocenters. The van der Waals surface area contributed by atoms with E-state index in [1.807, 2.05) is 42.5 Å². The molecule has 4 rings (SSSR count). The van der Waals surface area contributed by atoms with Gasteiger partial charge in [-0.1, -0.05) is 18.2 Å². The zero-order valence-electron chi connectivity index (χ0n) is 16.8. The molecule has 1 aliphatic heterocycles. The largest absolute Gasteiger partial charge is 0.497 e. The van der Waals surface area contributed by atoms with Crippen LogP contribution in [0, 0.1) is 6.92 Å². The Bertz CT molecular complexity index is 1050. The Hall–Kier alpha value is -3.81. The highest BCUT2D eigenvalue weighted by molar-refractivity contribution is 5.94. The van der Waals surface area contributed by atoms with Gasteiger partial charge in [0.05, 0.1) is 18.4 Å². The number of nitrogens with one attached hydrogen (secondary N) is 2. The van der Waals surface area contributed by atoms with E-state index in [1.165, 1.54) is 6.20 Å². The minimum absolute atomic E-state index is 0.217. The van der Waals surface area contributed by atoms with E-state index in [4.69, 9.17) is 14.2 Å². The fourth-order valence-electron chi connectivity index (χ4n) is 3.03. The minimum atomic E-state index is -0.217. The molecule has 0 fully saturated rings. The first-order chi connectivity index (χ1) is 14.6. The van der Waals surface area contributed by atoms with Crippen LogP contribution in [0.2, 0.25) is 0 Å². The zero-order chi connectivity index (χ0) is 20.9. The average Bonchev–Trinajstić information content (AvgIpc) is 3.24. The number of nitrogens with zero attached hydrogens (tertiary/aromatic N) is 2. The van der Waals surface area contributed by atoms with E-state index in [2.05, 4.69) is 20.6 Å². The molecule has 1 aromatic heterocycles. The lowest BCUT2D eigenvalue weighted by Gasteiger charge is -2.10. The number of amides is 1. The van der Waals surface area contributed by atoms with Crippen molar-refractivity contribution in [2.45, 2.75) is 20.0 Å². The maximum Gasteiger partial charge on any atom is 0.254 e. The maximum atomic E-state index is 12.5. The van der Waals surface area contributed by atoms with Gasteiger partial charge in [0.1, 0.15) is 5.75 Å². The molecule has 0 radical (unpaired) electrons. The Balaban J connectivity index is 1.34. The summed E-state index contributed by atoms with van der Waals surface area (Å²) in [6.07, 6.45) is 1.54. The summed E-state index contributed by atoms with van der Waals surface area (Å²) in [6, 6.07) is 13.3. The lowest BCUT2D eigenvalue weighted by Crippen LogP contribution is -2.24. The Morgan fingerprint density at radius 1 is 1.07 bits per heavy atom. The number of methoxy groups -OCH3 is 1. The molecule has 2 N–H and O–H groups in total. The predicted molar refractivity (Wildman–Crippen MR) is 111 cm³/mol. The fraction of sp³-hybridized carbons (Fsp3) is 0.227. The quantitative estimate of drug-likeness (QED) is 0.623. The molecular formula is C22H22N4O4. The van der Waals surface area contributed by atoms with E-state index >= 15 is 0 Å². The molecule has 0 saturated carbocycles. The smallest absolute Gasteiger partial charge is 0.254 e. The van der Waals surface area contributed by atoms with Crippen LogP contribution < -0.4 is 24.8 Å². The van der Waals surface area contributed by atoms with Crippen molar-refractivity contribution in [1.29, 1.82) is 0 Å². The summed E-state index contributed by atoms with van der Waals surface area (Å²) in [5, 5.41) is 6.05. The number of benzene rings is 2. The van der Waals surface area contributed by atoms with Gasteiger partial charge < -0.3 is 24.8 Å². The molecule has 2 heterocycles. The van der Waals surface area contributed by atoms with Gasteiger partial charge in [-0.3, -0.25) is 4.79 Å². The Kier molecular flexibility index (Phi) is 5.65. The van der Waals surface area contributed by atoms with Gasteiger partial charge in [0.25, 0.3) is 5.91 Å². The number of aryl methyl sites for hydroxylation is 1. The van der Waals surface area contributed by atoms with Crippen LogP contribution in [0.1, 0.15) is 27.2 Å². The molecule has 0 atom stereocenters. The van der Waals surface area contributed by atoms with Crippen molar-refractivity contribution in [3.63, 3.8) is 0 Å². The number of carbonyl (C=O) groups excluding carboxylic acids is 1. The van der Waals surface area contributed by atoms with Crippen LogP contribution in [0.4, 0.5) is 5.95 Å². The van der Waals surface area contributed by atoms with E-state index in [0.29, 0.717) is 30.3 Å². The summed E-state index contributed by atoms with van der Waals surface area (Å²) in [6.45, 7) is 2.97. The van der Waals surface area contributed by atoms with Crippen LogP contribution in [-0.4, -0.2) is 29.8 Å². The topological polar surface area (TPSA) is 94.6 Å². The Labute approximate surface area is 174 Å². The van der Waals surface area contributed by atoms with E-state index in [-0.39, 0.29) is 12.7 Å². The van der Waals surface area contributed by atoms with Gasteiger partial charge in [0, 0.05) is 19.3 Å². The van der Waals surface area contributed by atoms with Gasteiger partial charge in [0.2, 0.25) is 12.7 Å².